The summed E-state index contributed by atoms with van der Waals surface area (Å²) in [7, 11) is 0. The van der Waals surface area contributed by atoms with Crippen molar-refractivity contribution in [1.29, 1.82) is 0 Å². The maximum absolute atomic E-state index is 2.61. The lowest BCUT2D eigenvalue weighted by Gasteiger charge is -2.41. The maximum Gasteiger partial charge on any atom is 0.252 e. The van der Waals surface area contributed by atoms with Gasteiger partial charge in [-0.2, -0.15) is 0 Å². The highest BCUT2D eigenvalue weighted by Gasteiger charge is 2.43. The predicted octanol–water partition coefficient (Wildman–Crippen LogP) is 11.7. The van der Waals surface area contributed by atoms with Crippen LogP contribution < -0.4 is 26.2 Å². The first-order valence-corrected chi connectivity index (χ1v) is 19.7. The minimum atomic E-state index is 0.00373. The van der Waals surface area contributed by atoms with Crippen LogP contribution in [0.3, 0.4) is 0 Å². The normalized spacial score (nSPS) is 13.1. The second-order valence-electron chi connectivity index (χ2n) is 15.9. The van der Waals surface area contributed by atoms with Gasteiger partial charge in [0.25, 0.3) is 6.71 Å². The SMILES string of the molecule is Cc1cc2c3c(c1)-n1c4c(cccc4c4sc5ccccc5c41)B3c1ccc(N(c3ccccc3)c3ccccc3)cc1N2c1cccc(C(C)(C)C)c1. The summed E-state index contributed by atoms with van der Waals surface area (Å²) in [5.41, 5.74) is 17.6. The zero-order chi connectivity index (χ0) is 36.3. The highest BCUT2D eigenvalue weighted by atomic mass is 32.1. The van der Waals surface area contributed by atoms with Crippen molar-refractivity contribution in [1.82, 2.24) is 4.57 Å². The lowest BCUT2D eigenvalue weighted by molar-refractivity contribution is 0.590. The summed E-state index contributed by atoms with van der Waals surface area (Å²) < 4.78 is 5.31. The fraction of sp³-hybridized carbons (Fsp3) is 0.102. The van der Waals surface area contributed by atoms with E-state index in [9.17, 15) is 0 Å². The lowest BCUT2D eigenvalue weighted by Crippen LogP contribution is -2.60. The van der Waals surface area contributed by atoms with Crippen molar-refractivity contribution in [2.45, 2.75) is 33.1 Å². The Bertz CT molecular complexity index is 2910. The van der Waals surface area contributed by atoms with Gasteiger partial charge in [0.05, 0.1) is 15.7 Å². The number of anilines is 6. The van der Waals surface area contributed by atoms with Crippen LogP contribution >= 0.6 is 11.3 Å². The average molecular weight is 712 g/mol. The van der Waals surface area contributed by atoms with Crippen molar-refractivity contribution in [3.63, 3.8) is 0 Å². The number of aryl methyl sites for hydroxylation is 1. The molecule has 0 saturated heterocycles. The van der Waals surface area contributed by atoms with E-state index < -0.39 is 0 Å². The van der Waals surface area contributed by atoms with Gasteiger partial charge in [-0.05, 0) is 107 Å². The summed E-state index contributed by atoms with van der Waals surface area (Å²) >= 11 is 1.92. The molecule has 0 saturated carbocycles. The number of benzene rings is 7. The highest BCUT2D eigenvalue weighted by molar-refractivity contribution is 7.26. The Balaban J connectivity index is 1.25. The molecule has 0 radical (unpaired) electrons. The van der Waals surface area contributed by atoms with E-state index in [1.165, 1.54) is 81.5 Å². The van der Waals surface area contributed by atoms with E-state index >= 15 is 0 Å². The second kappa shape index (κ2) is 11.5. The largest absolute Gasteiger partial charge is 0.311 e. The summed E-state index contributed by atoms with van der Waals surface area (Å²) in [5.74, 6) is 0. The molecule has 9 aromatic rings. The number of hydrogen-bond donors (Lipinski definition) is 0. The fourth-order valence-electron chi connectivity index (χ4n) is 9.15. The first kappa shape index (κ1) is 31.5. The number of thiophene rings is 1. The van der Waals surface area contributed by atoms with E-state index in [0.717, 1.165) is 17.1 Å². The van der Waals surface area contributed by atoms with Crippen molar-refractivity contribution in [3.8, 4) is 5.69 Å². The number of rotatable bonds is 4. The molecule has 2 aliphatic heterocycles. The molecule has 5 heteroatoms. The molecule has 0 N–H and O–H groups in total. The van der Waals surface area contributed by atoms with Gasteiger partial charge >= 0.3 is 0 Å². The molecule has 0 unspecified atom stereocenters. The van der Waals surface area contributed by atoms with Crippen LogP contribution in [0, 0.1) is 6.92 Å². The van der Waals surface area contributed by atoms with Gasteiger partial charge in [-0.15, -0.1) is 11.3 Å². The number of hydrogen-bond acceptors (Lipinski definition) is 3. The Kier molecular flexibility index (Phi) is 6.69. The summed E-state index contributed by atoms with van der Waals surface area (Å²) in [6.07, 6.45) is 0. The average Bonchev–Trinajstić information content (AvgIpc) is 3.73. The van der Waals surface area contributed by atoms with Crippen molar-refractivity contribution in [3.05, 3.63) is 169 Å². The molecule has 2 aromatic heterocycles. The van der Waals surface area contributed by atoms with Crippen LogP contribution in [0.25, 0.3) is 36.9 Å². The summed E-state index contributed by atoms with van der Waals surface area (Å²) in [6.45, 7) is 9.26. The molecule has 0 atom stereocenters. The quantitative estimate of drug-likeness (QED) is 0.168. The monoisotopic (exact) mass is 711 g/mol. The summed E-state index contributed by atoms with van der Waals surface area (Å²) in [6, 6.07) is 58.7. The molecule has 0 bridgehead atoms. The molecule has 258 valence electrons. The third-order valence-electron chi connectivity index (χ3n) is 11.5. The third-order valence-corrected chi connectivity index (χ3v) is 12.7. The van der Waals surface area contributed by atoms with Crippen LogP contribution in [0.4, 0.5) is 34.1 Å². The van der Waals surface area contributed by atoms with Crippen LogP contribution in [0.1, 0.15) is 31.9 Å². The van der Waals surface area contributed by atoms with E-state index in [2.05, 4.69) is 200 Å². The Morgan fingerprint density at radius 1 is 0.556 bits per heavy atom. The molecular weight excluding hydrogens is 673 g/mol. The third kappa shape index (κ3) is 4.48. The van der Waals surface area contributed by atoms with E-state index in [1.807, 2.05) is 11.3 Å². The van der Waals surface area contributed by atoms with Gasteiger partial charge in [-0.25, -0.2) is 0 Å². The summed E-state index contributed by atoms with van der Waals surface area (Å²) in [5, 5.41) is 2.67. The van der Waals surface area contributed by atoms with Gasteiger partial charge < -0.3 is 14.4 Å². The molecular formula is C49H38BN3S. The van der Waals surface area contributed by atoms with E-state index in [4.69, 9.17) is 0 Å². The van der Waals surface area contributed by atoms with Crippen LogP contribution in [0.15, 0.2) is 158 Å². The Morgan fingerprint density at radius 3 is 2.00 bits per heavy atom. The van der Waals surface area contributed by atoms with Crippen molar-refractivity contribution < 1.29 is 0 Å². The molecule has 0 amide bonds. The van der Waals surface area contributed by atoms with E-state index in [1.54, 1.807) is 0 Å². The molecule has 54 heavy (non-hydrogen) atoms. The number of para-hydroxylation sites is 3. The van der Waals surface area contributed by atoms with E-state index in [-0.39, 0.29) is 12.1 Å². The summed E-state index contributed by atoms with van der Waals surface area (Å²) in [4.78, 5) is 4.94. The highest BCUT2D eigenvalue weighted by Crippen LogP contribution is 2.47. The van der Waals surface area contributed by atoms with Crippen LogP contribution in [-0.4, -0.2) is 11.3 Å². The van der Waals surface area contributed by atoms with Crippen LogP contribution in [0.5, 0.6) is 0 Å². The minimum absolute atomic E-state index is 0.00373. The topological polar surface area (TPSA) is 11.4 Å². The zero-order valence-electron chi connectivity index (χ0n) is 30.8. The molecule has 2 aliphatic rings. The van der Waals surface area contributed by atoms with E-state index in [0.29, 0.717) is 0 Å². The zero-order valence-corrected chi connectivity index (χ0v) is 31.7. The first-order valence-electron chi connectivity index (χ1n) is 18.9. The van der Waals surface area contributed by atoms with Gasteiger partial charge in [0.2, 0.25) is 0 Å². The smallest absolute Gasteiger partial charge is 0.252 e. The van der Waals surface area contributed by atoms with Gasteiger partial charge in [0, 0.05) is 55.3 Å². The van der Waals surface area contributed by atoms with Gasteiger partial charge in [-0.1, -0.05) is 112 Å². The molecule has 4 heterocycles. The van der Waals surface area contributed by atoms with Crippen molar-refractivity contribution in [2.75, 3.05) is 9.80 Å². The molecule has 0 aliphatic carbocycles. The number of fused-ring (bicyclic) bond motifs is 9. The van der Waals surface area contributed by atoms with Crippen molar-refractivity contribution >= 4 is 99.8 Å². The fourth-order valence-corrected chi connectivity index (χ4v) is 10.4. The van der Waals surface area contributed by atoms with Crippen molar-refractivity contribution in [2.24, 2.45) is 0 Å². The Labute approximate surface area is 320 Å². The Morgan fingerprint density at radius 2 is 1.24 bits per heavy atom. The van der Waals surface area contributed by atoms with Gasteiger partial charge in [0.15, 0.2) is 0 Å². The number of aromatic nitrogens is 1. The molecule has 11 rings (SSSR count). The molecule has 3 nitrogen and oxygen atoms in total. The van der Waals surface area contributed by atoms with Crippen LogP contribution in [0.2, 0.25) is 0 Å². The molecule has 7 aromatic carbocycles. The minimum Gasteiger partial charge on any atom is -0.311 e. The maximum atomic E-state index is 2.61. The standard InChI is InChI=1S/C49H38BN3S/c1-31-27-42-45-43(28-31)53-46-38(48-47(53)37-21-11-12-24-44(37)54-48)22-14-23-40(46)50(45)39-26-25-36(51(33-16-7-5-8-17-33)34-18-9-6-10-19-34)30-41(39)52(42)35-20-13-15-32(29-35)49(2,3)4/h5-30H,1-4H3. The number of nitrogens with zero attached hydrogens (tertiary/aromatic N) is 3. The van der Waals surface area contributed by atoms with Gasteiger partial charge in [0.1, 0.15) is 0 Å². The van der Waals surface area contributed by atoms with Crippen LogP contribution in [-0.2, 0) is 5.41 Å². The first-order chi connectivity index (χ1) is 26.3. The van der Waals surface area contributed by atoms with Gasteiger partial charge in [-0.3, -0.25) is 0 Å². The Hall–Kier alpha value is -6.04. The molecule has 0 spiro atoms. The predicted molar refractivity (Wildman–Crippen MR) is 234 cm³/mol. The second-order valence-corrected chi connectivity index (χ2v) is 16.9. The lowest BCUT2D eigenvalue weighted by atomic mass is 9.33. The molecule has 0 fully saturated rings.